The first-order valence-corrected chi connectivity index (χ1v) is 10.7. The average Bonchev–Trinajstić information content (AvgIpc) is 3.25. The molecule has 0 saturated carbocycles. The van der Waals surface area contributed by atoms with E-state index in [1.165, 1.54) is 25.1 Å². The third-order valence-corrected chi connectivity index (χ3v) is 4.74. The van der Waals surface area contributed by atoms with Crippen molar-refractivity contribution in [3.05, 3.63) is 41.5 Å². The number of ether oxygens (including phenoxy) is 5. The van der Waals surface area contributed by atoms with Crippen LogP contribution < -0.4 is 24.3 Å². The Balaban J connectivity index is 1.63. The van der Waals surface area contributed by atoms with E-state index in [9.17, 15) is 14.4 Å². The number of amides is 1. The third-order valence-electron chi connectivity index (χ3n) is 4.74. The number of nitrogens with one attached hydrogen (secondary N) is 1. The molecule has 0 unspecified atom stereocenters. The van der Waals surface area contributed by atoms with E-state index < -0.39 is 18.5 Å². The van der Waals surface area contributed by atoms with Crippen molar-refractivity contribution in [3.8, 4) is 23.0 Å². The van der Waals surface area contributed by atoms with Gasteiger partial charge < -0.3 is 29.0 Å². The maximum Gasteiger partial charge on any atom is 0.338 e. The first-order chi connectivity index (χ1) is 15.9. The Morgan fingerprint density at radius 1 is 1.00 bits per heavy atom. The lowest BCUT2D eigenvalue weighted by molar-refractivity contribution is -0.119. The van der Waals surface area contributed by atoms with Gasteiger partial charge in [0.25, 0.3) is 5.91 Å². The zero-order chi connectivity index (χ0) is 23.8. The maximum absolute atomic E-state index is 12.5. The Kier molecular flexibility index (Phi) is 8.12. The van der Waals surface area contributed by atoms with Gasteiger partial charge >= 0.3 is 5.97 Å². The van der Waals surface area contributed by atoms with Gasteiger partial charge in [0.15, 0.2) is 35.4 Å². The van der Waals surface area contributed by atoms with E-state index >= 15 is 0 Å². The van der Waals surface area contributed by atoms with Gasteiger partial charge in [0.2, 0.25) is 6.79 Å². The van der Waals surface area contributed by atoms with E-state index in [-0.39, 0.29) is 29.4 Å². The van der Waals surface area contributed by atoms with Crippen LogP contribution in [0.3, 0.4) is 0 Å². The molecule has 9 heteroatoms. The first-order valence-electron chi connectivity index (χ1n) is 10.7. The molecule has 0 saturated heterocycles. The van der Waals surface area contributed by atoms with Gasteiger partial charge in [-0.05, 0) is 44.5 Å². The predicted molar refractivity (Wildman–Crippen MR) is 119 cm³/mol. The maximum atomic E-state index is 12.5. The summed E-state index contributed by atoms with van der Waals surface area (Å²) in [5.41, 5.74) is 0.737. The zero-order valence-electron chi connectivity index (χ0n) is 18.9. The summed E-state index contributed by atoms with van der Waals surface area (Å²) in [4.78, 5) is 36.8. The number of esters is 1. The van der Waals surface area contributed by atoms with Crippen molar-refractivity contribution in [2.75, 3.05) is 31.9 Å². The molecule has 33 heavy (non-hydrogen) atoms. The van der Waals surface area contributed by atoms with Crippen LogP contribution in [0.4, 0.5) is 5.69 Å². The summed E-state index contributed by atoms with van der Waals surface area (Å²) in [6.07, 6.45) is 1.90. The Morgan fingerprint density at radius 3 is 2.45 bits per heavy atom. The molecule has 0 aromatic heterocycles. The molecule has 0 bridgehead atoms. The van der Waals surface area contributed by atoms with Crippen LogP contribution in [-0.4, -0.2) is 44.3 Å². The van der Waals surface area contributed by atoms with E-state index in [0.29, 0.717) is 36.2 Å². The van der Waals surface area contributed by atoms with E-state index in [0.717, 1.165) is 12.8 Å². The molecule has 2 aromatic carbocycles. The van der Waals surface area contributed by atoms with Gasteiger partial charge in [0.1, 0.15) is 0 Å². The number of carbonyl (C=O) groups excluding carboxylic acids is 3. The van der Waals surface area contributed by atoms with Gasteiger partial charge in [0.05, 0.1) is 24.5 Å². The molecule has 0 fully saturated rings. The van der Waals surface area contributed by atoms with Crippen molar-refractivity contribution in [2.24, 2.45) is 0 Å². The summed E-state index contributed by atoms with van der Waals surface area (Å²) >= 11 is 0. The lowest BCUT2D eigenvalue weighted by Crippen LogP contribution is -2.22. The van der Waals surface area contributed by atoms with Gasteiger partial charge in [-0.15, -0.1) is 0 Å². The van der Waals surface area contributed by atoms with Crippen molar-refractivity contribution >= 4 is 23.3 Å². The number of rotatable bonds is 11. The second kappa shape index (κ2) is 11.2. The highest BCUT2D eigenvalue weighted by molar-refractivity contribution is 6.05. The fourth-order valence-corrected chi connectivity index (χ4v) is 3.09. The van der Waals surface area contributed by atoms with E-state index in [1.54, 1.807) is 12.1 Å². The van der Waals surface area contributed by atoms with Crippen LogP contribution in [0, 0.1) is 0 Å². The number of hydrogen-bond acceptors (Lipinski definition) is 8. The van der Waals surface area contributed by atoms with Gasteiger partial charge in [-0.1, -0.05) is 13.3 Å². The molecule has 0 aliphatic carbocycles. The fraction of sp³-hybridized carbons (Fsp3) is 0.375. The van der Waals surface area contributed by atoms with E-state index in [4.69, 9.17) is 23.7 Å². The summed E-state index contributed by atoms with van der Waals surface area (Å²) in [5.74, 6) is 0.259. The fourth-order valence-electron chi connectivity index (χ4n) is 3.09. The van der Waals surface area contributed by atoms with Crippen LogP contribution in [0.15, 0.2) is 30.3 Å². The van der Waals surface area contributed by atoms with Crippen LogP contribution in [-0.2, 0) is 9.53 Å². The minimum Gasteiger partial charge on any atom is -0.490 e. The molecule has 1 aliphatic heterocycles. The van der Waals surface area contributed by atoms with Gasteiger partial charge in [-0.25, -0.2) is 4.79 Å². The Hall–Kier alpha value is -3.75. The molecule has 2 aromatic rings. The molecular weight excluding hydrogens is 430 g/mol. The highest BCUT2D eigenvalue weighted by Gasteiger charge is 2.21. The number of Topliss-reactive ketones (excluding diaryl/α,β-unsaturated/α-hetero) is 1. The minimum absolute atomic E-state index is 0.0356. The van der Waals surface area contributed by atoms with Crippen LogP contribution in [0.25, 0.3) is 0 Å². The topological polar surface area (TPSA) is 109 Å². The van der Waals surface area contributed by atoms with Crippen molar-refractivity contribution < 1.29 is 38.1 Å². The first kappa shape index (κ1) is 23.9. The molecule has 9 nitrogen and oxygen atoms in total. The molecule has 1 heterocycles. The standard InChI is InChI=1S/C24H27NO8/c1-4-6-9-30-19-8-7-16(10-20(19)29-5-2)24(28)31-13-23(27)25-18-12-22-21(32-14-33-22)11-17(18)15(3)26/h7-8,10-12H,4-6,9,13-14H2,1-3H3,(H,25,27). The van der Waals surface area contributed by atoms with Crippen molar-refractivity contribution in [1.29, 1.82) is 0 Å². The summed E-state index contributed by atoms with van der Waals surface area (Å²) in [5, 5.41) is 2.58. The third kappa shape index (κ3) is 6.15. The smallest absolute Gasteiger partial charge is 0.338 e. The molecular formula is C24H27NO8. The Morgan fingerprint density at radius 2 is 1.76 bits per heavy atom. The van der Waals surface area contributed by atoms with Crippen LogP contribution in [0.2, 0.25) is 0 Å². The zero-order valence-corrected chi connectivity index (χ0v) is 18.9. The number of fused-ring (bicyclic) bond motifs is 1. The number of ketones is 1. The molecule has 0 spiro atoms. The molecule has 1 aliphatic rings. The Labute approximate surface area is 191 Å². The van der Waals surface area contributed by atoms with Crippen molar-refractivity contribution in [1.82, 2.24) is 0 Å². The largest absolute Gasteiger partial charge is 0.490 e. The van der Waals surface area contributed by atoms with Crippen molar-refractivity contribution in [3.63, 3.8) is 0 Å². The highest BCUT2D eigenvalue weighted by Crippen LogP contribution is 2.37. The summed E-state index contributed by atoms with van der Waals surface area (Å²) in [7, 11) is 0. The number of hydrogen-bond donors (Lipinski definition) is 1. The van der Waals surface area contributed by atoms with E-state index in [1.807, 2.05) is 6.92 Å². The lowest BCUT2D eigenvalue weighted by Gasteiger charge is -2.13. The predicted octanol–water partition coefficient (Wildman–Crippen LogP) is 3.99. The minimum atomic E-state index is -0.691. The normalized spacial score (nSPS) is 11.6. The average molecular weight is 457 g/mol. The van der Waals surface area contributed by atoms with Gasteiger partial charge in [0, 0.05) is 11.6 Å². The SMILES string of the molecule is CCCCOc1ccc(C(=O)OCC(=O)Nc2cc3c(cc2C(C)=O)OCO3)cc1OCC. The summed E-state index contributed by atoms with van der Waals surface area (Å²) < 4.78 is 27.0. The second-order valence-electron chi connectivity index (χ2n) is 7.23. The monoisotopic (exact) mass is 457 g/mol. The second-order valence-corrected chi connectivity index (χ2v) is 7.23. The van der Waals surface area contributed by atoms with Gasteiger partial charge in [-0.3, -0.25) is 9.59 Å². The molecule has 3 rings (SSSR count). The van der Waals surface area contributed by atoms with Crippen molar-refractivity contribution in [2.45, 2.75) is 33.6 Å². The summed E-state index contributed by atoms with van der Waals surface area (Å²) in [6.45, 7) is 5.71. The molecule has 176 valence electrons. The molecule has 0 atom stereocenters. The summed E-state index contributed by atoms with van der Waals surface area (Å²) in [6, 6.07) is 7.73. The Bertz CT molecular complexity index is 1030. The highest BCUT2D eigenvalue weighted by atomic mass is 16.7. The molecule has 1 amide bonds. The number of anilines is 1. The molecule has 1 N–H and O–H groups in total. The number of unbranched alkanes of at least 4 members (excludes halogenated alkanes) is 1. The van der Waals surface area contributed by atoms with E-state index in [2.05, 4.69) is 12.2 Å². The van der Waals surface area contributed by atoms with Crippen LogP contribution >= 0.6 is 0 Å². The molecule has 0 radical (unpaired) electrons. The number of carbonyl (C=O) groups is 3. The lowest BCUT2D eigenvalue weighted by atomic mass is 10.1. The van der Waals surface area contributed by atoms with Crippen LogP contribution in [0.1, 0.15) is 54.3 Å². The van der Waals surface area contributed by atoms with Gasteiger partial charge in [-0.2, -0.15) is 0 Å². The quantitative estimate of drug-likeness (QED) is 0.306. The van der Waals surface area contributed by atoms with Crippen LogP contribution in [0.5, 0.6) is 23.0 Å². The number of benzene rings is 2.